The predicted octanol–water partition coefficient (Wildman–Crippen LogP) is 2.56. The number of hydrogen-bond donors (Lipinski definition) is 1. The fourth-order valence-electron chi connectivity index (χ4n) is 4.57. The molecule has 1 saturated carbocycles. The van der Waals surface area contributed by atoms with Gasteiger partial charge in [-0.2, -0.15) is 0 Å². The van der Waals surface area contributed by atoms with E-state index in [2.05, 4.69) is 0 Å². The van der Waals surface area contributed by atoms with Crippen molar-refractivity contribution in [3.05, 3.63) is 0 Å². The third-order valence-corrected chi connectivity index (χ3v) is 5.69. The first-order valence-corrected chi connectivity index (χ1v) is 8.39. The van der Waals surface area contributed by atoms with Gasteiger partial charge in [0.15, 0.2) is 0 Å². The Morgan fingerprint density at radius 1 is 0.952 bits per heavy atom. The number of carbonyl (C=O) groups is 2. The van der Waals surface area contributed by atoms with Crippen LogP contribution in [-0.4, -0.2) is 52.1 Å². The molecule has 0 bridgehead atoms. The number of amides is 2. The maximum atomic E-state index is 12.9. The molecule has 0 aromatic rings. The molecular formula is C16H26N2O3. The first kappa shape index (κ1) is 14.7. The molecule has 1 aliphatic carbocycles. The van der Waals surface area contributed by atoms with Crippen molar-refractivity contribution in [2.24, 2.45) is 11.8 Å². The second-order valence-electron chi connectivity index (χ2n) is 6.97. The minimum absolute atomic E-state index is 0.0247. The zero-order chi connectivity index (χ0) is 15.0. The van der Waals surface area contributed by atoms with Crippen LogP contribution in [-0.2, 0) is 4.79 Å². The Morgan fingerprint density at radius 2 is 1.67 bits per heavy atom. The van der Waals surface area contributed by atoms with E-state index in [-0.39, 0.29) is 11.9 Å². The van der Waals surface area contributed by atoms with Crippen molar-refractivity contribution in [2.45, 2.75) is 64.0 Å². The lowest BCUT2D eigenvalue weighted by Gasteiger charge is -2.45. The first-order valence-electron chi connectivity index (χ1n) is 8.39. The van der Waals surface area contributed by atoms with Gasteiger partial charge in [0.1, 0.15) is 6.04 Å². The standard InChI is InChI=1S/C16H26N2O3/c1-11-8-10-18(14(11)15(19)20)16(21)17-9-4-6-12-5-2-3-7-13(12)17/h11-14H,2-10H2,1H3,(H,19,20)/t11?,12-,13-,14?/m1/s1. The molecule has 3 rings (SSSR count). The van der Waals surface area contributed by atoms with Crippen LogP contribution in [0.2, 0.25) is 0 Å². The summed E-state index contributed by atoms with van der Waals surface area (Å²) in [5.74, 6) is -0.163. The van der Waals surface area contributed by atoms with Crippen LogP contribution in [0.1, 0.15) is 51.9 Å². The number of hydrogen-bond acceptors (Lipinski definition) is 2. The van der Waals surface area contributed by atoms with Gasteiger partial charge in [0, 0.05) is 19.1 Å². The summed E-state index contributed by atoms with van der Waals surface area (Å²) in [5, 5.41) is 9.42. The molecule has 5 nitrogen and oxygen atoms in total. The number of carboxylic acids is 1. The van der Waals surface area contributed by atoms with E-state index in [0.717, 1.165) is 25.8 Å². The molecule has 0 aromatic carbocycles. The van der Waals surface area contributed by atoms with Crippen molar-refractivity contribution < 1.29 is 14.7 Å². The number of carbonyl (C=O) groups excluding carboxylic acids is 1. The van der Waals surface area contributed by atoms with Gasteiger partial charge >= 0.3 is 12.0 Å². The maximum Gasteiger partial charge on any atom is 0.326 e. The highest BCUT2D eigenvalue weighted by atomic mass is 16.4. The third kappa shape index (κ3) is 2.62. The number of rotatable bonds is 1. The molecule has 2 heterocycles. The molecule has 21 heavy (non-hydrogen) atoms. The van der Waals surface area contributed by atoms with E-state index < -0.39 is 12.0 Å². The zero-order valence-electron chi connectivity index (χ0n) is 12.8. The molecular weight excluding hydrogens is 268 g/mol. The highest BCUT2D eigenvalue weighted by molar-refractivity contribution is 5.84. The van der Waals surface area contributed by atoms with E-state index in [4.69, 9.17) is 0 Å². The Morgan fingerprint density at radius 3 is 2.43 bits per heavy atom. The average Bonchev–Trinajstić information content (AvgIpc) is 2.88. The van der Waals surface area contributed by atoms with Gasteiger partial charge in [-0.3, -0.25) is 0 Å². The van der Waals surface area contributed by atoms with E-state index in [9.17, 15) is 14.7 Å². The quantitative estimate of drug-likeness (QED) is 0.808. The van der Waals surface area contributed by atoms with E-state index in [1.165, 1.54) is 25.7 Å². The van der Waals surface area contributed by atoms with Crippen LogP contribution in [0.5, 0.6) is 0 Å². The van der Waals surface area contributed by atoms with Gasteiger partial charge in [-0.25, -0.2) is 9.59 Å². The molecule has 0 spiro atoms. The normalized spacial score (nSPS) is 36.4. The van der Waals surface area contributed by atoms with Crippen molar-refractivity contribution >= 4 is 12.0 Å². The summed E-state index contributed by atoms with van der Waals surface area (Å²) in [6, 6.07) is -0.310. The average molecular weight is 294 g/mol. The summed E-state index contributed by atoms with van der Waals surface area (Å²) in [6.45, 7) is 3.33. The number of urea groups is 1. The molecule has 0 aromatic heterocycles. The van der Waals surface area contributed by atoms with E-state index in [1.807, 2.05) is 11.8 Å². The lowest BCUT2D eigenvalue weighted by Crippen LogP contribution is -2.56. The number of nitrogens with zero attached hydrogens (tertiary/aromatic N) is 2. The molecule has 3 aliphatic rings. The van der Waals surface area contributed by atoms with Crippen LogP contribution in [0.3, 0.4) is 0 Å². The predicted molar refractivity (Wildman–Crippen MR) is 79.0 cm³/mol. The van der Waals surface area contributed by atoms with Crippen molar-refractivity contribution in [3.8, 4) is 0 Å². The molecule has 3 fully saturated rings. The highest BCUT2D eigenvalue weighted by Gasteiger charge is 2.44. The zero-order valence-corrected chi connectivity index (χ0v) is 12.8. The topological polar surface area (TPSA) is 60.9 Å². The number of aliphatic carboxylic acids is 1. The second kappa shape index (κ2) is 5.85. The summed E-state index contributed by atoms with van der Waals surface area (Å²) >= 11 is 0. The lowest BCUT2D eigenvalue weighted by molar-refractivity contribution is -0.142. The van der Waals surface area contributed by atoms with Crippen LogP contribution in [0.15, 0.2) is 0 Å². The Kier molecular flexibility index (Phi) is 4.09. The maximum absolute atomic E-state index is 12.9. The Labute approximate surface area is 126 Å². The summed E-state index contributed by atoms with van der Waals surface area (Å²) in [5.41, 5.74) is 0. The van der Waals surface area contributed by atoms with Gasteiger partial charge in [0.05, 0.1) is 0 Å². The Balaban J connectivity index is 1.76. The summed E-state index contributed by atoms with van der Waals surface area (Å²) in [7, 11) is 0. The van der Waals surface area contributed by atoms with E-state index in [1.54, 1.807) is 4.90 Å². The molecule has 2 aliphatic heterocycles. The second-order valence-corrected chi connectivity index (χ2v) is 6.97. The van der Waals surface area contributed by atoms with Gasteiger partial charge in [-0.05, 0) is 43.9 Å². The molecule has 0 radical (unpaired) electrons. The van der Waals surface area contributed by atoms with Gasteiger partial charge < -0.3 is 14.9 Å². The SMILES string of the molecule is CC1CCN(C(=O)N2CCC[C@H]3CCCC[C@H]32)C1C(=O)O. The summed E-state index contributed by atoms with van der Waals surface area (Å²) < 4.78 is 0. The summed E-state index contributed by atoms with van der Waals surface area (Å²) in [6.07, 6.45) is 7.89. The van der Waals surface area contributed by atoms with Gasteiger partial charge in [0.25, 0.3) is 0 Å². The van der Waals surface area contributed by atoms with Crippen molar-refractivity contribution in [2.75, 3.05) is 13.1 Å². The monoisotopic (exact) mass is 294 g/mol. The van der Waals surface area contributed by atoms with Crippen LogP contribution < -0.4 is 0 Å². The number of fused-ring (bicyclic) bond motifs is 1. The van der Waals surface area contributed by atoms with Crippen molar-refractivity contribution in [3.63, 3.8) is 0 Å². The minimum atomic E-state index is -0.856. The van der Waals surface area contributed by atoms with Crippen LogP contribution in [0.4, 0.5) is 4.79 Å². The number of piperidine rings is 1. The van der Waals surface area contributed by atoms with Crippen molar-refractivity contribution in [1.82, 2.24) is 9.80 Å². The molecule has 2 unspecified atom stereocenters. The lowest BCUT2D eigenvalue weighted by atomic mass is 9.78. The first-order chi connectivity index (χ1) is 10.1. The molecule has 1 N–H and O–H groups in total. The van der Waals surface area contributed by atoms with E-state index >= 15 is 0 Å². The smallest absolute Gasteiger partial charge is 0.326 e. The number of carboxylic acid groups (broad SMARTS) is 1. The van der Waals surface area contributed by atoms with Gasteiger partial charge in [-0.1, -0.05) is 19.8 Å². The Bertz CT molecular complexity index is 424. The van der Waals surface area contributed by atoms with E-state index in [0.29, 0.717) is 18.5 Å². The van der Waals surface area contributed by atoms with Gasteiger partial charge in [-0.15, -0.1) is 0 Å². The fourth-order valence-corrected chi connectivity index (χ4v) is 4.57. The van der Waals surface area contributed by atoms with Crippen LogP contribution in [0.25, 0.3) is 0 Å². The third-order valence-electron chi connectivity index (χ3n) is 5.69. The highest BCUT2D eigenvalue weighted by Crippen LogP contribution is 2.36. The van der Waals surface area contributed by atoms with Crippen LogP contribution >= 0.6 is 0 Å². The molecule has 4 atom stereocenters. The molecule has 118 valence electrons. The Hall–Kier alpha value is -1.26. The van der Waals surface area contributed by atoms with Crippen LogP contribution in [0, 0.1) is 11.8 Å². The molecule has 2 amide bonds. The molecule has 2 saturated heterocycles. The largest absolute Gasteiger partial charge is 0.480 e. The number of likely N-dealkylation sites (tertiary alicyclic amines) is 2. The van der Waals surface area contributed by atoms with Gasteiger partial charge in [0.2, 0.25) is 0 Å². The fraction of sp³-hybridized carbons (Fsp3) is 0.875. The van der Waals surface area contributed by atoms with Crippen molar-refractivity contribution in [1.29, 1.82) is 0 Å². The molecule has 5 heteroatoms. The minimum Gasteiger partial charge on any atom is -0.480 e. The summed E-state index contributed by atoms with van der Waals surface area (Å²) in [4.78, 5) is 28.0.